The van der Waals surface area contributed by atoms with Crippen molar-refractivity contribution >= 4 is 11.9 Å². The summed E-state index contributed by atoms with van der Waals surface area (Å²) in [5.41, 5.74) is 1.60. The maximum atomic E-state index is 14.0. The van der Waals surface area contributed by atoms with Crippen LogP contribution in [0.25, 0.3) is 16.9 Å². The molecule has 0 saturated heterocycles. The first-order chi connectivity index (χ1) is 19.7. The lowest BCUT2D eigenvalue weighted by Gasteiger charge is -2.16. The first-order valence-corrected chi connectivity index (χ1v) is 13.6. The van der Waals surface area contributed by atoms with Gasteiger partial charge >= 0.3 is 18.1 Å². The van der Waals surface area contributed by atoms with Gasteiger partial charge in [-0.15, -0.1) is 0 Å². The molecule has 41 heavy (non-hydrogen) atoms. The number of hydrogen-bond donors (Lipinski definition) is 0. The van der Waals surface area contributed by atoms with Crippen LogP contribution >= 0.6 is 0 Å². The summed E-state index contributed by atoms with van der Waals surface area (Å²) in [5.74, 6) is 0.0475. The molecule has 1 aromatic heterocycles. The summed E-state index contributed by atoms with van der Waals surface area (Å²) in [4.78, 5) is 24.3. The maximum Gasteiger partial charge on any atom is 0.418 e. The number of rotatable bonds is 11. The zero-order chi connectivity index (χ0) is 29.4. The zero-order valence-corrected chi connectivity index (χ0v) is 22.9. The minimum absolute atomic E-state index is 0.0992. The molecule has 0 saturated carbocycles. The lowest BCUT2D eigenvalue weighted by molar-refractivity contribution is -0.137. The van der Waals surface area contributed by atoms with Gasteiger partial charge in [-0.1, -0.05) is 44.2 Å². The average molecular weight is 565 g/mol. The molecule has 0 bridgehead atoms. The van der Waals surface area contributed by atoms with E-state index in [1.54, 1.807) is 48.5 Å². The Kier molecular flexibility index (Phi) is 9.60. The standard InChI is InChI=1S/C32H31F3N2O4/c1-3-11-29(38)41-24-20-18-22(19-21-24)31-25(4-2)27(15-10-17-30(39)40-23-12-6-5-7-13-23)36-37(31)28-16-9-8-14-26(28)32(33,34)35/h5-9,12-14,16,18-21H,3-4,10-11,15,17H2,1-2H3. The molecule has 0 aliphatic rings. The van der Waals surface area contributed by atoms with Crippen LogP contribution in [-0.2, 0) is 28.6 Å². The summed E-state index contributed by atoms with van der Waals surface area (Å²) in [6, 6.07) is 20.7. The Hall–Kier alpha value is -4.40. The van der Waals surface area contributed by atoms with Crippen molar-refractivity contribution in [2.75, 3.05) is 0 Å². The highest BCUT2D eigenvalue weighted by atomic mass is 19.4. The molecule has 214 valence electrons. The van der Waals surface area contributed by atoms with E-state index in [-0.39, 0.29) is 24.5 Å². The van der Waals surface area contributed by atoms with Crippen LogP contribution in [-0.4, -0.2) is 21.7 Å². The normalized spacial score (nSPS) is 11.3. The maximum absolute atomic E-state index is 14.0. The van der Waals surface area contributed by atoms with Crippen LogP contribution in [0.3, 0.4) is 0 Å². The van der Waals surface area contributed by atoms with Crippen LogP contribution in [0, 0.1) is 0 Å². The van der Waals surface area contributed by atoms with Gasteiger partial charge in [0.05, 0.1) is 22.6 Å². The highest BCUT2D eigenvalue weighted by Crippen LogP contribution is 2.38. The van der Waals surface area contributed by atoms with Crippen molar-refractivity contribution in [2.24, 2.45) is 0 Å². The van der Waals surface area contributed by atoms with Crippen molar-refractivity contribution in [3.63, 3.8) is 0 Å². The summed E-state index contributed by atoms with van der Waals surface area (Å²) in [6.07, 6.45) is -2.26. The van der Waals surface area contributed by atoms with Gasteiger partial charge in [-0.2, -0.15) is 18.3 Å². The quantitative estimate of drug-likeness (QED) is 0.138. The summed E-state index contributed by atoms with van der Waals surface area (Å²) in [5, 5.41) is 4.66. The Morgan fingerprint density at radius 1 is 0.805 bits per heavy atom. The molecule has 4 rings (SSSR count). The third-order valence-corrected chi connectivity index (χ3v) is 6.44. The Morgan fingerprint density at radius 3 is 2.05 bits per heavy atom. The van der Waals surface area contributed by atoms with Crippen molar-refractivity contribution in [3.05, 3.63) is 95.7 Å². The molecule has 0 fully saturated rings. The van der Waals surface area contributed by atoms with E-state index in [0.717, 1.165) is 11.6 Å². The molecule has 0 aliphatic carbocycles. The van der Waals surface area contributed by atoms with Gasteiger partial charge in [0, 0.05) is 24.0 Å². The number of carbonyl (C=O) groups excluding carboxylic acids is 2. The second-order valence-corrected chi connectivity index (χ2v) is 9.44. The third kappa shape index (κ3) is 7.42. The number of carbonyl (C=O) groups is 2. The molecule has 0 N–H and O–H groups in total. The van der Waals surface area contributed by atoms with Gasteiger partial charge in [0.25, 0.3) is 0 Å². The molecule has 0 spiro atoms. The number of aryl methyl sites for hydroxylation is 1. The number of esters is 2. The van der Waals surface area contributed by atoms with Crippen molar-refractivity contribution in [1.82, 2.24) is 9.78 Å². The molecule has 4 aromatic rings. The monoisotopic (exact) mass is 564 g/mol. The second kappa shape index (κ2) is 13.3. The smallest absolute Gasteiger partial charge is 0.418 e. The molecule has 0 unspecified atom stereocenters. The predicted octanol–water partition coefficient (Wildman–Crippen LogP) is 7.75. The van der Waals surface area contributed by atoms with Gasteiger partial charge in [-0.3, -0.25) is 9.59 Å². The summed E-state index contributed by atoms with van der Waals surface area (Å²) in [6.45, 7) is 3.79. The van der Waals surface area contributed by atoms with Crippen LogP contribution in [0.2, 0.25) is 0 Å². The van der Waals surface area contributed by atoms with E-state index in [4.69, 9.17) is 9.47 Å². The molecule has 6 nitrogen and oxygen atoms in total. The van der Waals surface area contributed by atoms with E-state index in [9.17, 15) is 22.8 Å². The van der Waals surface area contributed by atoms with Crippen LogP contribution in [0.1, 0.15) is 56.4 Å². The molecule has 0 atom stereocenters. The van der Waals surface area contributed by atoms with Crippen molar-refractivity contribution in [1.29, 1.82) is 0 Å². The number of hydrogen-bond acceptors (Lipinski definition) is 5. The number of nitrogens with zero attached hydrogens (tertiary/aromatic N) is 2. The molecule has 1 heterocycles. The average Bonchev–Trinajstić information content (AvgIpc) is 3.32. The summed E-state index contributed by atoms with van der Waals surface area (Å²) >= 11 is 0. The van der Waals surface area contributed by atoms with Gasteiger partial charge < -0.3 is 9.47 Å². The Morgan fingerprint density at radius 2 is 1.41 bits per heavy atom. The minimum atomic E-state index is -4.59. The second-order valence-electron chi connectivity index (χ2n) is 9.44. The van der Waals surface area contributed by atoms with E-state index < -0.39 is 17.7 Å². The van der Waals surface area contributed by atoms with Gasteiger partial charge in [0.2, 0.25) is 0 Å². The van der Waals surface area contributed by atoms with E-state index in [0.29, 0.717) is 54.1 Å². The van der Waals surface area contributed by atoms with Crippen molar-refractivity contribution in [3.8, 4) is 28.4 Å². The number of halogens is 3. The first kappa shape index (κ1) is 29.6. The highest BCUT2D eigenvalue weighted by Gasteiger charge is 2.35. The van der Waals surface area contributed by atoms with Gasteiger partial charge in [0.1, 0.15) is 11.5 Å². The number of alkyl halides is 3. The lowest BCUT2D eigenvalue weighted by atomic mass is 10.0. The van der Waals surface area contributed by atoms with Crippen molar-refractivity contribution in [2.45, 2.75) is 58.5 Å². The SMILES string of the molecule is CCCC(=O)Oc1ccc(-c2c(CC)c(CCCC(=O)Oc3ccccc3)nn2-c2ccccc2C(F)(F)F)cc1. The number of aromatic nitrogens is 2. The molecule has 0 aliphatic heterocycles. The fourth-order valence-electron chi connectivity index (χ4n) is 4.58. The molecular formula is C32H31F3N2O4. The van der Waals surface area contributed by atoms with E-state index in [1.807, 2.05) is 19.9 Å². The Bertz CT molecular complexity index is 1480. The largest absolute Gasteiger partial charge is 0.427 e. The third-order valence-electron chi connectivity index (χ3n) is 6.44. The molecule has 3 aromatic carbocycles. The molecular weight excluding hydrogens is 533 g/mol. The predicted molar refractivity (Wildman–Crippen MR) is 149 cm³/mol. The number of para-hydroxylation sites is 2. The molecule has 0 radical (unpaired) electrons. The van der Waals surface area contributed by atoms with Crippen LogP contribution < -0.4 is 9.47 Å². The Labute approximate surface area is 236 Å². The van der Waals surface area contributed by atoms with Crippen LogP contribution in [0.15, 0.2) is 78.9 Å². The summed E-state index contributed by atoms with van der Waals surface area (Å²) in [7, 11) is 0. The Balaban J connectivity index is 1.68. The number of benzene rings is 3. The molecule has 9 heteroatoms. The van der Waals surface area contributed by atoms with E-state index in [1.165, 1.54) is 22.9 Å². The zero-order valence-electron chi connectivity index (χ0n) is 22.9. The van der Waals surface area contributed by atoms with Gasteiger partial charge in [0.15, 0.2) is 0 Å². The van der Waals surface area contributed by atoms with Crippen molar-refractivity contribution < 1.29 is 32.2 Å². The fraction of sp³-hybridized carbons (Fsp3) is 0.281. The van der Waals surface area contributed by atoms with Gasteiger partial charge in [-0.05, 0) is 74.2 Å². The molecule has 0 amide bonds. The van der Waals surface area contributed by atoms with Crippen LogP contribution in [0.5, 0.6) is 11.5 Å². The topological polar surface area (TPSA) is 70.4 Å². The number of ether oxygens (including phenoxy) is 2. The lowest BCUT2D eigenvalue weighted by Crippen LogP contribution is -2.12. The van der Waals surface area contributed by atoms with E-state index in [2.05, 4.69) is 5.10 Å². The first-order valence-electron chi connectivity index (χ1n) is 13.6. The van der Waals surface area contributed by atoms with E-state index >= 15 is 0 Å². The minimum Gasteiger partial charge on any atom is -0.427 e. The van der Waals surface area contributed by atoms with Gasteiger partial charge in [-0.25, -0.2) is 4.68 Å². The fourth-order valence-corrected chi connectivity index (χ4v) is 4.58. The highest BCUT2D eigenvalue weighted by molar-refractivity contribution is 5.74. The van der Waals surface area contributed by atoms with Crippen LogP contribution in [0.4, 0.5) is 13.2 Å². The summed E-state index contributed by atoms with van der Waals surface area (Å²) < 4.78 is 54.1.